The largest absolute Gasteiger partial charge is 0.472 e. The van der Waals surface area contributed by atoms with Gasteiger partial charge >= 0.3 is 0 Å². The number of aryl methyl sites for hydroxylation is 3. The number of nitrogens with zero attached hydrogens (tertiary/aromatic N) is 7. The summed E-state index contributed by atoms with van der Waals surface area (Å²) in [6, 6.07) is 9.68. The standard InChI is InChI=1S/C31H33N11O3/c1-17-13-34-31(37-24-11-18(2)41(3)40-24)39-28(17)22-14-33-29-21(22)5-4-6-23(29)36-25(43)16-42-15-20(12-27(42)44)45-26-9-10-32-30(38-26)35-19-7-8-19/h4-6,9-11,13-14,19-20,33H,7-8,12,15-16H2,1-3H3,(H,36,43)(H,32,35,38)(H,34,37,39,40)/t20-/m0/s1. The fourth-order valence-corrected chi connectivity index (χ4v) is 5.35. The lowest BCUT2D eigenvalue weighted by atomic mass is 10.1. The Morgan fingerprint density at radius 1 is 1.13 bits per heavy atom. The van der Waals surface area contributed by atoms with Gasteiger partial charge in [0.25, 0.3) is 0 Å². The first-order chi connectivity index (χ1) is 21.8. The molecule has 230 valence electrons. The van der Waals surface area contributed by atoms with Crippen LogP contribution in [0.1, 0.15) is 30.5 Å². The summed E-state index contributed by atoms with van der Waals surface area (Å²) >= 11 is 0. The number of likely N-dealkylation sites (tertiary alicyclic amines) is 1. The lowest BCUT2D eigenvalue weighted by Gasteiger charge is -2.17. The van der Waals surface area contributed by atoms with E-state index in [9.17, 15) is 9.59 Å². The van der Waals surface area contributed by atoms with E-state index >= 15 is 0 Å². The van der Waals surface area contributed by atoms with Gasteiger partial charge < -0.3 is 30.6 Å². The number of hydrogen-bond donors (Lipinski definition) is 4. The Hall–Kier alpha value is -5.53. The molecule has 2 aliphatic rings. The van der Waals surface area contributed by atoms with Crippen LogP contribution >= 0.6 is 0 Å². The topological polar surface area (TPSA) is 168 Å². The molecule has 1 saturated heterocycles. The SMILES string of the molecule is Cc1cnc(Nc2cc(C)n(C)n2)nc1-c1c[nH]c2c(NC(=O)CN3C[C@@H](Oc4ccnc(NC5CC5)n4)CC3=O)cccc12. The molecule has 0 radical (unpaired) electrons. The molecule has 2 amide bonds. The Morgan fingerprint density at radius 2 is 2.00 bits per heavy atom. The number of ether oxygens (including phenoxy) is 1. The van der Waals surface area contributed by atoms with Crippen molar-refractivity contribution in [3.8, 4) is 17.1 Å². The minimum atomic E-state index is -0.402. The van der Waals surface area contributed by atoms with Gasteiger partial charge in [-0.05, 0) is 38.3 Å². The maximum Gasteiger partial charge on any atom is 0.244 e. The summed E-state index contributed by atoms with van der Waals surface area (Å²) in [6.45, 7) is 4.13. The van der Waals surface area contributed by atoms with Crippen molar-refractivity contribution in [1.29, 1.82) is 0 Å². The Bertz CT molecular complexity index is 1890. The number of hydrogen-bond acceptors (Lipinski definition) is 10. The summed E-state index contributed by atoms with van der Waals surface area (Å²) in [5.74, 6) is 1.56. The molecule has 5 heterocycles. The lowest BCUT2D eigenvalue weighted by molar-refractivity contribution is -0.131. The predicted molar refractivity (Wildman–Crippen MR) is 168 cm³/mol. The molecule has 14 heteroatoms. The number of para-hydroxylation sites is 1. The molecule has 1 aliphatic carbocycles. The first-order valence-electron chi connectivity index (χ1n) is 14.8. The van der Waals surface area contributed by atoms with Gasteiger partial charge in [-0.1, -0.05) is 12.1 Å². The van der Waals surface area contributed by atoms with Crippen molar-refractivity contribution in [2.75, 3.05) is 29.0 Å². The second-order valence-electron chi connectivity index (χ2n) is 11.5. The molecule has 0 spiro atoms. The highest BCUT2D eigenvalue weighted by Gasteiger charge is 2.33. The first kappa shape index (κ1) is 28.3. The van der Waals surface area contributed by atoms with Crippen LogP contribution in [0.5, 0.6) is 5.88 Å². The molecule has 1 aliphatic heterocycles. The molecular weight excluding hydrogens is 574 g/mol. The van der Waals surface area contributed by atoms with Crippen LogP contribution in [0.25, 0.3) is 22.2 Å². The third-order valence-corrected chi connectivity index (χ3v) is 7.91. The van der Waals surface area contributed by atoms with Crippen molar-refractivity contribution >= 4 is 46.1 Å². The first-order valence-corrected chi connectivity index (χ1v) is 14.8. The number of fused-ring (bicyclic) bond motifs is 1. The van der Waals surface area contributed by atoms with E-state index < -0.39 is 6.10 Å². The Morgan fingerprint density at radius 3 is 2.80 bits per heavy atom. The zero-order valence-electron chi connectivity index (χ0n) is 25.2. The van der Waals surface area contributed by atoms with Gasteiger partial charge in [-0.15, -0.1) is 0 Å². The predicted octanol–water partition coefficient (Wildman–Crippen LogP) is 3.70. The van der Waals surface area contributed by atoms with Gasteiger partial charge in [0.1, 0.15) is 12.6 Å². The smallest absolute Gasteiger partial charge is 0.244 e. The number of carbonyl (C=O) groups is 2. The molecule has 1 aromatic carbocycles. The fraction of sp³-hybridized carbons (Fsp3) is 0.323. The van der Waals surface area contributed by atoms with E-state index in [0.717, 1.165) is 46.3 Å². The van der Waals surface area contributed by atoms with Crippen LogP contribution < -0.4 is 20.7 Å². The molecule has 2 fully saturated rings. The average molecular weight is 608 g/mol. The second kappa shape index (κ2) is 11.5. The van der Waals surface area contributed by atoms with Crippen molar-refractivity contribution in [3.05, 3.63) is 60.2 Å². The van der Waals surface area contributed by atoms with E-state index in [1.165, 1.54) is 4.90 Å². The van der Waals surface area contributed by atoms with Crippen molar-refractivity contribution in [2.45, 2.75) is 45.3 Å². The maximum atomic E-state index is 13.1. The van der Waals surface area contributed by atoms with Gasteiger partial charge in [-0.3, -0.25) is 14.3 Å². The maximum absolute atomic E-state index is 13.1. The van der Waals surface area contributed by atoms with Gasteiger partial charge in [-0.25, -0.2) is 15.0 Å². The highest BCUT2D eigenvalue weighted by atomic mass is 16.5. The van der Waals surface area contributed by atoms with E-state index in [4.69, 9.17) is 9.72 Å². The number of rotatable bonds is 10. The lowest BCUT2D eigenvalue weighted by Crippen LogP contribution is -2.35. The molecule has 45 heavy (non-hydrogen) atoms. The van der Waals surface area contributed by atoms with E-state index in [0.29, 0.717) is 41.9 Å². The van der Waals surface area contributed by atoms with E-state index in [1.807, 2.05) is 51.4 Å². The van der Waals surface area contributed by atoms with Gasteiger partial charge in [0.2, 0.25) is 29.6 Å². The minimum absolute atomic E-state index is 0.0893. The Kier molecular flexibility index (Phi) is 7.23. The zero-order valence-corrected chi connectivity index (χ0v) is 25.2. The summed E-state index contributed by atoms with van der Waals surface area (Å²) in [6.07, 6.45) is 7.25. The summed E-state index contributed by atoms with van der Waals surface area (Å²) in [7, 11) is 1.88. The highest BCUT2D eigenvalue weighted by molar-refractivity contribution is 6.06. The molecule has 1 atom stereocenters. The highest BCUT2D eigenvalue weighted by Crippen LogP contribution is 2.33. The second-order valence-corrected chi connectivity index (χ2v) is 11.5. The molecule has 4 aromatic heterocycles. The molecule has 1 saturated carbocycles. The van der Waals surface area contributed by atoms with Crippen LogP contribution in [-0.2, 0) is 16.6 Å². The summed E-state index contributed by atoms with van der Waals surface area (Å²) < 4.78 is 7.75. The van der Waals surface area contributed by atoms with Crippen molar-refractivity contribution in [2.24, 2.45) is 7.05 Å². The van der Waals surface area contributed by atoms with E-state index in [-0.39, 0.29) is 24.8 Å². The third-order valence-electron chi connectivity index (χ3n) is 7.91. The molecule has 0 bridgehead atoms. The number of benzene rings is 1. The van der Waals surface area contributed by atoms with E-state index in [2.05, 4.69) is 41.0 Å². The van der Waals surface area contributed by atoms with Crippen molar-refractivity contribution in [1.82, 2.24) is 39.6 Å². The van der Waals surface area contributed by atoms with Crippen LogP contribution in [0.15, 0.2) is 48.9 Å². The number of anilines is 4. The Balaban J connectivity index is 1.02. The summed E-state index contributed by atoms with van der Waals surface area (Å²) in [5, 5.41) is 14.7. The van der Waals surface area contributed by atoms with Crippen molar-refractivity contribution < 1.29 is 14.3 Å². The zero-order chi connectivity index (χ0) is 31.1. The van der Waals surface area contributed by atoms with Gasteiger partial charge in [-0.2, -0.15) is 10.1 Å². The molecule has 0 unspecified atom stereocenters. The molecule has 5 aromatic rings. The number of amides is 2. The van der Waals surface area contributed by atoms with Crippen LogP contribution in [0, 0.1) is 13.8 Å². The van der Waals surface area contributed by atoms with Crippen molar-refractivity contribution in [3.63, 3.8) is 0 Å². The van der Waals surface area contributed by atoms with Crippen LogP contribution in [0.4, 0.5) is 23.4 Å². The van der Waals surface area contributed by atoms with Crippen LogP contribution in [0.3, 0.4) is 0 Å². The summed E-state index contributed by atoms with van der Waals surface area (Å²) in [4.78, 5) is 48.5. The molecular formula is C31H33N11O3. The van der Waals surface area contributed by atoms with E-state index in [1.54, 1.807) is 23.1 Å². The average Bonchev–Trinajstić information content (AvgIpc) is 3.47. The van der Waals surface area contributed by atoms with Gasteiger partial charge in [0.15, 0.2) is 5.82 Å². The molecule has 7 rings (SSSR count). The van der Waals surface area contributed by atoms with Crippen LogP contribution in [-0.4, -0.2) is 76.6 Å². The number of nitrogens with one attached hydrogen (secondary N) is 4. The summed E-state index contributed by atoms with van der Waals surface area (Å²) in [5.41, 5.74) is 4.89. The quantitative estimate of drug-likeness (QED) is 0.184. The minimum Gasteiger partial charge on any atom is -0.472 e. The number of carbonyl (C=O) groups excluding carboxylic acids is 2. The third kappa shape index (κ3) is 6.12. The van der Waals surface area contributed by atoms with Crippen LogP contribution in [0.2, 0.25) is 0 Å². The number of aromatic nitrogens is 7. The van der Waals surface area contributed by atoms with Gasteiger partial charge in [0.05, 0.1) is 29.9 Å². The number of aromatic amines is 1. The molecule has 14 nitrogen and oxygen atoms in total. The Labute approximate surface area is 258 Å². The molecule has 4 N–H and O–H groups in total. The fourth-order valence-electron chi connectivity index (χ4n) is 5.35. The van der Waals surface area contributed by atoms with Gasteiger partial charge in [0, 0.05) is 60.5 Å². The monoisotopic (exact) mass is 607 g/mol. The number of H-pyrrole nitrogens is 1. The normalized spacial score (nSPS) is 16.3.